The van der Waals surface area contributed by atoms with Crippen molar-refractivity contribution in [1.82, 2.24) is 0 Å². The van der Waals surface area contributed by atoms with E-state index in [4.69, 9.17) is 14.6 Å². The van der Waals surface area contributed by atoms with Crippen molar-refractivity contribution < 1.29 is 19.4 Å². The van der Waals surface area contributed by atoms with E-state index in [0.29, 0.717) is 6.61 Å². The number of benzene rings is 1. The fourth-order valence-electron chi connectivity index (χ4n) is 0.759. The molecule has 0 atom stereocenters. The van der Waals surface area contributed by atoms with Gasteiger partial charge in [0.05, 0.1) is 0 Å². The van der Waals surface area contributed by atoms with Gasteiger partial charge in [0.1, 0.15) is 6.61 Å². The van der Waals surface area contributed by atoms with Crippen molar-refractivity contribution in [2.75, 3.05) is 0 Å². The molecule has 0 aliphatic carbocycles. The van der Waals surface area contributed by atoms with Crippen LogP contribution in [0.15, 0.2) is 30.3 Å². The molecule has 0 fully saturated rings. The lowest BCUT2D eigenvalue weighted by Gasteiger charge is -1.99. The molecule has 0 saturated heterocycles. The summed E-state index contributed by atoms with van der Waals surface area (Å²) in [5.74, 6) is -0.242. The van der Waals surface area contributed by atoms with Crippen LogP contribution in [0.25, 0.3) is 0 Å². The largest absolute Gasteiger partial charge is 0.465 e. The van der Waals surface area contributed by atoms with Crippen LogP contribution < -0.4 is 5.73 Å². The maximum atomic E-state index is 10.4. The number of carbonyl (C=O) groups excluding carboxylic acids is 1. The summed E-state index contributed by atoms with van der Waals surface area (Å²) < 4.78 is 4.79. The zero-order valence-electron chi connectivity index (χ0n) is 8.34. The third kappa shape index (κ3) is 9.88. The maximum absolute atomic E-state index is 10.4. The van der Waals surface area contributed by atoms with Crippen molar-refractivity contribution in [3.63, 3.8) is 0 Å². The second kappa shape index (κ2) is 7.37. The molecule has 3 N–H and O–H groups in total. The van der Waals surface area contributed by atoms with Crippen LogP contribution in [-0.2, 0) is 16.1 Å². The van der Waals surface area contributed by atoms with Gasteiger partial charge in [0.2, 0.25) is 0 Å². The van der Waals surface area contributed by atoms with E-state index in [1.807, 2.05) is 30.3 Å². The second-order valence-electron chi connectivity index (χ2n) is 2.60. The van der Waals surface area contributed by atoms with E-state index in [1.165, 1.54) is 6.92 Å². The van der Waals surface area contributed by atoms with Gasteiger partial charge in [-0.05, 0) is 5.56 Å². The molecule has 5 heteroatoms. The Hall–Kier alpha value is -2.04. The van der Waals surface area contributed by atoms with E-state index in [-0.39, 0.29) is 5.97 Å². The smallest absolute Gasteiger partial charge is 0.402 e. The molecule has 82 valence electrons. The predicted octanol–water partition coefficient (Wildman–Crippen LogP) is 1.37. The number of rotatable bonds is 2. The molecule has 1 rings (SSSR count). The fraction of sp³-hybridized carbons (Fsp3) is 0.200. The van der Waals surface area contributed by atoms with Crippen LogP contribution in [0.3, 0.4) is 0 Å². The first-order valence-corrected chi connectivity index (χ1v) is 4.18. The maximum Gasteiger partial charge on any atom is 0.402 e. The van der Waals surface area contributed by atoms with Gasteiger partial charge in [0.25, 0.3) is 0 Å². The van der Waals surface area contributed by atoms with Crippen LogP contribution in [0, 0.1) is 0 Å². The Labute approximate surface area is 87.5 Å². The lowest BCUT2D eigenvalue weighted by molar-refractivity contribution is -0.142. The van der Waals surface area contributed by atoms with Gasteiger partial charge in [-0.25, -0.2) is 4.79 Å². The molecule has 1 aromatic rings. The van der Waals surface area contributed by atoms with Gasteiger partial charge >= 0.3 is 12.1 Å². The lowest BCUT2D eigenvalue weighted by Crippen LogP contribution is -2.03. The molecular formula is C10H13NO4. The number of carbonyl (C=O) groups is 2. The first-order valence-electron chi connectivity index (χ1n) is 4.18. The highest BCUT2D eigenvalue weighted by molar-refractivity contribution is 5.65. The van der Waals surface area contributed by atoms with E-state index in [9.17, 15) is 4.79 Å². The van der Waals surface area contributed by atoms with Crippen molar-refractivity contribution in [1.29, 1.82) is 0 Å². The van der Waals surface area contributed by atoms with Crippen LogP contribution in [0.5, 0.6) is 0 Å². The summed E-state index contributed by atoms with van der Waals surface area (Å²) in [7, 11) is 0. The van der Waals surface area contributed by atoms with E-state index in [2.05, 4.69) is 5.73 Å². The van der Waals surface area contributed by atoms with Crippen LogP contribution in [0.2, 0.25) is 0 Å². The second-order valence-corrected chi connectivity index (χ2v) is 2.60. The molecule has 5 nitrogen and oxygen atoms in total. The van der Waals surface area contributed by atoms with E-state index in [1.54, 1.807) is 0 Å². The van der Waals surface area contributed by atoms with Crippen LogP contribution in [-0.4, -0.2) is 17.2 Å². The van der Waals surface area contributed by atoms with E-state index < -0.39 is 6.09 Å². The van der Waals surface area contributed by atoms with Crippen molar-refractivity contribution in [2.45, 2.75) is 13.5 Å². The SMILES string of the molecule is CC(=O)OCc1ccccc1.NC(=O)O. The van der Waals surface area contributed by atoms with Gasteiger partial charge in [-0.2, -0.15) is 0 Å². The van der Waals surface area contributed by atoms with Crippen molar-refractivity contribution >= 4 is 12.1 Å². The van der Waals surface area contributed by atoms with Crippen LogP contribution in [0.1, 0.15) is 12.5 Å². The molecule has 0 heterocycles. The number of primary amides is 1. The molecule has 0 aromatic heterocycles. The van der Waals surface area contributed by atoms with Gasteiger partial charge in [-0.3, -0.25) is 4.79 Å². The zero-order valence-corrected chi connectivity index (χ0v) is 8.34. The Morgan fingerprint density at radius 1 is 1.33 bits per heavy atom. The molecule has 0 saturated carbocycles. The Morgan fingerprint density at radius 3 is 2.20 bits per heavy atom. The number of hydrogen-bond acceptors (Lipinski definition) is 3. The zero-order chi connectivity index (χ0) is 11.7. The highest BCUT2D eigenvalue weighted by atomic mass is 16.5. The van der Waals surface area contributed by atoms with E-state index in [0.717, 1.165) is 5.56 Å². The van der Waals surface area contributed by atoms with Crippen LogP contribution >= 0.6 is 0 Å². The number of esters is 1. The minimum Gasteiger partial charge on any atom is -0.465 e. The predicted molar refractivity (Wildman–Crippen MR) is 54.1 cm³/mol. The fourth-order valence-corrected chi connectivity index (χ4v) is 0.759. The summed E-state index contributed by atoms with van der Waals surface area (Å²) in [6, 6.07) is 9.60. The Kier molecular flexibility index (Phi) is 6.37. The summed E-state index contributed by atoms with van der Waals surface area (Å²) in [5.41, 5.74) is 5.04. The number of nitrogens with two attached hydrogens (primary N) is 1. The first kappa shape index (κ1) is 13.0. The van der Waals surface area contributed by atoms with Gasteiger partial charge in [0.15, 0.2) is 0 Å². The topological polar surface area (TPSA) is 89.6 Å². The normalized spacial score (nSPS) is 8.33. The standard InChI is InChI=1S/C9H10O2.CH3NO2/c1-8(10)11-7-9-5-3-2-4-6-9;2-1(3)4/h2-6H,7H2,1H3;2H2,(H,3,4). The Morgan fingerprint density at radius 2 is 1.80 bits per heavy atom. The number of hydrogen-bond donors (Lipinski definition) is 2. The number of carboxylic acid groups (broad SMARTS) is 1. The molecule has 1 aromatic carbocycles. The minimum atomic E-state index is -1.33. The third-order valence-corrected chi connectivity index (χ3v) is 1.28. The molecule has 0 spiro atoms. The van der Waals surface area contributed by atoms with Crippen molar-refractivity contribution in [3.05, 3.63) is 35.9 Å². The van der Waals surface area contributed by atoms with Gasteiger partial charge in [-0.1, -0.05) is 30.3 Å². The summed E-state index contributed by atoms with van der Waals surface area (Å²) in [6.07, 6.45) is -1.33. The molecule has 15 heavy (non-hydrogen) atoms. The number of ether oxygens (including phenoxy) is 1. The van der Waals surface area contributed by atoms with Crippen molar-refractivity contribution in [2.24, 2.45) is 5.73 Å². The van der Waals surface area contributed by atoms with Gasteiger partial charge in [0, 0.05) is 6.92 Å². The quantitative estimate of drug-likeness (QED) is 0.723. The molecule has 0 radical (unpaired) electrons. The Balaban J connectivity index is 0.000000423. The van der Waals surface area contributed by atoms with Gasteiger partial charge in [-0.15, -0.1) is 0 Å². The molecule has 0 aliphatic rings. The van der Waals surface area contributed by atoms with Gasteiger partial charge < -0.3 is 15.6 Å². The Bertz CT molecular complexity index is 306. The average molecular weight is 211 g/mol. The number of amides is 1. The highest BCUT2D eigenvalue weighted by Gasteiger charge is 1.93. The minimum absolute atomic E-state index is 0.242. The van der Waals surface area contributed by atoms with E-state index >= 15 is 0 Å². The summed E-state index contributed by atoms with van der Waals surface area (Å²) in [5, 5.41) is 7.19. The molecule has 0 unspecified atom stereocenters. The summed E-state index contributed by atoms with van der Waals surface area (Å²) >= 11 is 0. The molecule has 0 bridgehead atoms. The molecule has 1 amide bonds. The summed E-state index contributed by atoms with van der Waals surface area (Å²) in [6.45, 7) is 1.78. The first-order chi connectivity index (χ1) is 7.02. The molecule has 0 aliphatic heterocycles. The monoisotopic (exact) mass is 211 g/mol. The molecular weight excluding hydrogens is 198 g/mol. The van der Waals surface area contributed by atoms with Crippen LogP contribution in [0.4, 0.5) is 4.79 Å². The summed E-state index contributed by atoms with van der Waals surface area (Å²) in [4.78, 5) is 19.2. The van der Waals surface area contributed by atoms with Crippen molar-refractivity contribution in [3.8, 4) is 0 Å². The third-order valence-electron chi connectivity index (χ3n) is 1.28. The average Bonchev–Trinajstić information content (AvgIpc) is 2.15. The highest BCUT2D eigenvalue weighted by Crippen LogP contribution is 1.99. The lowest BCUT2D eigenvalue weighted by atomic mass is 10.2.